The summed E-state index contributed by atoms with van der Waals surface area (Å²) in [4.78, 5) is 15.9. The number of nitrogens with one attached hydrogen (secondary N) is 1. The summed E-state index contributed by atoms with van der Waals surface area (Å²) < 4.78 is 0. The van der Waals surface area contributed by atoms with Crippen LogP contribution in [0.3, 0.4) is 0 Å². The molecule has 1 saturated heterocycles. The van der Waals surface area contributed by atoms with Gasteiger partial charge < -0.3 is 10.2 Å². The highest BCUT2D eigenvalue weighted by Gasteiger charge is 2.21. The molecule has 3 rings (SSSR count). The van der Waals surface area contributed by atoms with Gasteiger partial charge in [-0.2, -0.15) is 0 Å². The van der Waals surface area contributed by atoms with Crippen molar-refractivity contribution in [3.8, 4) is 11.1 Å². The van der Waals surface area contributed by atoms with Gasteiger partial charge in [-0.05, 0) is 49.9 Å². The second-order valence-electron chi connectivity index (χ2n) is 7.99. The molecule has 144 valence electrons. The molecule has 1 aliphatic heterocycles. The van der Waals surface area contributed by atoms with E-state index in [1.165, 1.54) is 27.8 Å². The fraction of sp³-hybridized carbons (Fsp3) is 0.435. The molecule has 4 heteroatoms. The van der Waals surface area contributed by atoms with E-state index >= 15 is 0 Å². The quantitative estimate of drug-likeness (QED) is 0.881. The van der Waals surface area contributed by atoms with E-state index < -0.39 is 0 Å². The van der Waals surface area contributed by atoms with Crippen LogP contribution in [0.5, 0.6) is 0 Å². The number of rotatable bonds is 4. The zero-order chi connectivity index (χ0) is 19.4. The first kappa shape index (κ1) is 19.4. The molecule has 1 aliphatic rings. The predicted octanol–water partition coefficient (Wildman–Crippen LogP) is 4.21. The Morgan fingerprint density at radius 1 is 1.07 bits per heavy atom. The van der Waals surface area contributed by atoms with Crippen molar-refractivity contribution >= 4 is 6.03 Å². The van der Waals surface area contributed by atoms with Crippen molar-refractivity contribution in [2.75, 3.05) is 27.2 Å². The molecule has 0 aromatic heterocycles. The summed E-state index contributed by atoms with van der Waals surface area (Å²) in [5.41, 5.74) is 6.47. The van der Waals surface area contributed by atoms with Crippen molar-refractivity contribution < 1.29 is 4.79 Å². The second-order valence-corrected chi connectivity index (χ2v) is 7.99. The fourth-order valence-electron chi connectivity index (χ4n) is 3.82. The van der Waals surface area contributed by atoms with E-state index in [9.17, 15) is 4.79 Å². The first-order chi connectivity index (χ1) is 12.9. The van der Waals surface area contributed by atoms with Crippen molar-refractivity contribution in [1.82, 2.24) is 15.1 Å². The van der Waals surface area contributed by atoms with Crippen molar-refractivity contribution in [2.45, 2.75) is 39.3 Å². The largest absolute Gasteiger partial charge is 0.334 e. The third-order valence-electron chi connectivity index (χ3n) is 5.15. The van der Waals surface area contributed by atoms with Crippen LogP contribution in [0.25, 0.3) is 11.1 Å². The van der Waals surface area contributed by atoms with Gasteiger partial charge in [0.2, 0.25) is 0 Å². The van der Waals surface area contributed by atoms with Crippen LogP contribution in [0, 0.1) is 13.8 Å². The molecule has 2 aromatic rings. The van der Waals surface area contributed by atoms with E-state index in [-0.39, 0.29) is 12.1 Å². The first-order valence-electron chi connectivity index (χ1n) is 9.78. The monoisotopic (exact) mass is 365 g/mol. The summed E-state index contributed by atoms with van der Waals surface area (Å²) in [7, 11) is 3.57. The Kier molecular flexibility index (Phi) is 6.17. The Labute approximate surface area is 163 Å². The summed E-state index contributed by atoms with van der Waals surface area (Å²) in [6, 6.07) is 15.8. The molecule has 4 nitrogen and oxygen atoms in total. The third-order valence-corrected chi connectivity index (χ3v) is 5.15. The molecule has 1 heterocycles. The van der Waals surface area contributed by atoms with Gasteiger partial charge in [0.25, 0.3) is 0 Å². The maximum Gasteiger partial charge on any atom is 0.317 e. The molecule has 0 bridgehead atoms. The van der Waals surface area contributed by atoms with E-state index in [1.807, 2.05) is 0 Å². The number of hydrogen-bond donors (Lipinski definition) is 1. The van der Waals surface area contributed by atoms with E-state index in [2.05, 4.69) is 66.5 Å². The number of benzene rings is 2. The molecule has 1 atom stereocenters. The van der Waals surface area contributed by atoms with Crippen LogP contribution >= 0.6 is 0 Å². The molecule has 0 aliphatic carbocycles. The van der Waals surface area contributed by atoms with Gasteiger partial charge in [0, 0.05) is 33.2 Å². The number of amides is 2. The highest BCUT2D eigenvalue weighted by Crippen LogP contribution is 2.23. The summed E-state index contributed by atoms with van der Waals surface area (Å²) in [5, 5.41) is 3.12. The maximum absolute atomic E-state index is 11.9. The zero-order valence-electron chi connectivity index (χ0n) is 17.0. The van der Waals surface area contributed by atoms with Gasteiger partial charge in [0.05, 0.1) is 0 Å². The van der Waals surface area contributed by atoms with Crippen LogP contribution in [0.15, 0.2) is 42.5 Å². The van der Waals surface area contributed by atoms with Crippen LogP contribution in [-0.2, 0) is 6.54 Å². The molecular formula is C23H31N3O. The summed E-state index contributed by atoms with van der Waals surface area (Å²) >= 11 is 0. The standard InChI is InChI=1S/C23H31N3O/c1-17-12-18(2)14-21(13-17)20-9-7-19(8-10-20)15-26-11-5-6-22(16-26)24-23(27)25(3)4/h7-10,12-14,22H,5-6,11,15-16H2,1-4H3,(H,24,27). The Hall–Kier alpha value is -2.33. The van der Waals surface area contributed by atoms with Crippen molar-refractivity contribution in [2.24, 2.45) is 0 Å². The zero-order valence-corrected chi connectivity index (χ0v) is 17.0. The predicted molar refractivity (Wildman–Crippen MR) is 112 cm³/mol. The Bertz CT molecular complexity index is 762. The minimum atomic E-state index is -0.000323. The van der Waals surface area contributed by atoms with Crippen molar-refractivity contribution in [3.63, 3.8) is 0 Å². The number of hydrogen-bond acceptors (Lipinski definition) is 2. The molecule has 1 fully saturated rings. The Morgan fingerprint density at radius 2 is 1.74 bits per heavy atom. The van der Waals surface area contributed by atoms with Gasteiger partial charge in [-0.25, -0.2) is 4.79 Å². The number of nitrogens with zero attached hydrogens (tertiary/aromatic N) is 2. The molecule has 1 unspecified atom stereocenters. The van der Waals surface area contributed by atoms with Crippen LogP contribution < -0.4 is 5.32 Å². The number of carbonyl (C=O) groups excluding carboxylic acids is 1. The Balaban J connectivity index is 1.61. The minimum Gasteiger partial charge on any atom is -0.334 e. The smallest absolute Gasteiger partial charge is 0.317 e. The second kappa shape index (κ2) is 8.57. The molecule has 2 aromatic carbocycles. The number of piperidine rings is 1. The van der Waals surface area contributed by atoms with Gasteiger partial charge >= 0.3 is 6.03 Å². The lowest BCUT2D eigenvalue weighted by molar-refractivity contribution is 0.172. The number of aryl methyl sites for hydroxylation is 2. The Morgan fingerprint density at radius 3 is 2.37 bits per heavy atom. The summed E-state index contributed by atoms with van der Waals surface area (Å²) in [6.07, 6.45) is 2.18. The highest BCUT2D eigenvalue weighted by atomic mass is 16.2. The lowest BCUT2D eigenvalue weighted by Crippen LogP contribution is -2.49. The first-order valence-corrected chi connectivity index (χ1v) is 9.78. The number of carbonyl (C=O) groups is 1. The van der Waals surface area contributed by atoms with Crippen molar-refractivity contribution in [3.05, 3.63) is 59.2 Å². The van der Waals surface area contributed by atoms with Crippen LogP contribution in [0.2, 0.25) is 0 Å². The number of urea groups is 1. The van der Waals surface area contributed by atoms with Crippen LogP contribution in [0.1, 0.15) is 29.5 Å². The third kappa shape index (κ3) is 5.33. The van der Waals surface area contributed by atoms with Crippen molar-refractivity contribution in [1.29, 1.82) is 0 Å². The maximum atomic E-state index is 11.9. The van der Waals surface area contributed by atoms with E-state index in [0.717, 1.165) is 32.5 Å². The van der Waals surface area contributed by atoms with Gasteiger partial charge in [0.15, 0.2) is 0 Å². The molecule has 0 spiro atoms. The molecule has 0 saturated carbocycles. The SMILES string of the molecule is Cc1cc(C)cc(-c2ccc(CN3CCCC(NC(=O)N(C)C)C3)cc2)c1. The normalized spacial score (nSPS) is 17.6. The number of likely N-dealkylation sites (tertiary alicyclic amines) is 1. The minimum absolute atomic E-state index is 0.000323. The van der Waals surface area contributed by atoms with Gasteiger partial charge in [-0.15, -0.1) is 0 Å². The van der Waals surface area contributed by atoms with E-state index in [0.29, 0.717) is 0 Å². The summed E-state index contributed by atoms with van der Waals surface area (Å²) in [5.74, 6) is 0. The van der Waals surface area contributed by atoms with E-state index in [4.69, 9.17) is 0 Å². The lowest BCUT2D eigenvalue weighted by Gasteiger charge is -2.33. The molecule has 27 heavy (non-hydrogen) atoms. The van der Waals surface area contributed by atoms with Crippen LogP contribution in [0.4, 0.5) is 4.79 Å². The molecule has 0 radical (unpaired) electrons. The average molecular weight is 366 g/mol. The molecular weight excluding hydrogens is 334 g/mol. The fourth-order valence-corrected chi connectivity index (χ4v) is 3.82. The summed E-state index contributed by atoms with van der Waals surface area (Å²) in [6.45, 7) is 7.23. The molecule has 1 N–H and O–H groups in total. The highest BCUT2D eigenvalue weighted by molar-refractivity contribution is 5.73. The van der Waals surface area contributed by atoms with E-state index in [1.54, 1.807) is 19.0 Å². The topological polar surface area (TPSA) is 35.6 Å². The van der Waals surface area contributed by atoms with Gasteiger partial charge in [0.1, 0.15) is 0 Å². The van der Waals surface area contributed by atoms with Gasteiger partial charge in [-0.3, -0.25) is 4.90 Å². The van der Waals surface area contributed by atoms with Crippen LogP contribution in [-0.4, -0.2) is 49.1 Å². The lowest BCUT2D eigenvalue weighted by atomic mass is 9.99. The van der Waals surface area contributed by atoms with Gasteiger partial charge in [-0.1, -0.05) is 53.6 Å². The molecule has 2 amide bonds. The average Bonchev–Trinajstić information content (AvgIpc) is 2.61.